The van der Waals surface area contributed by atoms with Gasteiger partial charge in [0.2, 0.25) is 0 Å². The smallest absolute Gasteiger partial charge is 0.309 e. The van der Waals surface area contributed by atoms with Crippen LogP contribution >= 0.6 is 0 Å². The van der Waals surface area contributed by atoms with Crippen molar-refractivity contribution in [2.24, 2.45) is 0 Å². The first-order valence-electron chi connectivity index (χ1n) is 7.56. The second-order valence-corrected chi connectivity index (χ2v) is 7.32. The first-order valence-corrected chi connectivity index (χ1v) is 9.10. The molecule has 140 valence electrons. The van der Waals surface area contributed by atoms with E-state index in [1.54, 1.807) is 0 Å². The van der Waals surface area contributed by atoms with Gasteiger partial charge >= 0.3 is 11.8 Å². The lowest BCUT2D eigenvalue weighted by Gasteiger charge is -2.16. The Morgan fingerprint density at radius 2 is 1.77 bits per heavy atom. The van der Waals surface area contributed by atoms with Gasteiger partial charge < -0.3 is 20.2 Å². The van der Waals surface area contributed by atoms with Crippen LogP contribution in [0.3, 0.4) is 0 Å². The highest BCUT2D eigenvalue weighted by Gasteiger charge is 2.32. The molecule has 26 heavy (non-hydrogen) atoms. The number of carbonyl (C=O) groups is 2. The summed E-state index contributed by atoms with van der Waals surface area (Å²) in [6.45, 7) is -0.882. The number of hydrogen-bond acceptors (Lipinski definition) is 6. The van der Waals surface area contributed by atoms with Crippen molar-refractivity contribution in [1.29, 1.82) is 0 Å². The number of nitrogens with one attached hydrogen (secondary N) is 2. The van der Waals surface area contributed by atoms with Crippen molar-refractivity contribution >= 4 is 21.7 Å². The molecular weight excluding hydrogens is 367 g/mol. The van der Waals surface area contributed by atoms with Gasteiger partial charge in [-0.3, -0.25) is 9.59 Å². The molecule has 1 heterocycles. The summed E-state index contributed by atoms with van der Waals surface area (Å²) in [6, 6.07) is 7.13. The number of amides is 2. The predicted molar refractivity (Wildman–Crippen MR) is 88.1 cm³/mol. The molecular formula is C16H17FN2O6S. The molecule has 0 radical (unpaired) electrons. The molecule has 0 bridgehead atoms. The number of aliphatic hydroxyl groups excluding tert-OH is 1. The van der Waals surface area contributed by atoms with Crippen LogP contribution in [0.5, 0.6) is 0 Å². The molecule has 1 aromatic carbocycles. The molecule has 0 aliphatic heterocycles. The normalized spacial score (nSPS) is 12.4. The highest BCUT2D eigenvalue weighted by molar-refractivity contribution is 7.91. The van der Waals surface area contributed by atoms with Crippen molar-refractivity contribution in [2.75, 3.05) is 19.7 Å². The maximum atomic E-state index is 13.1. The Morgan fingerprint density at radius 1 is 1.12 bits per heavy atom. The quantitative estimate of drug-likeness (QED) is 0.461. The molecule has 0 saturated heterocycles. The maximum absolute atomic E-state index is 13.1. The van der Waals surface area contributed by atoms with Gasteiger partial charge in [0, 0.05) is 13.1 Å². The summed E-state index contributed by atoms with van der Waals surface area (Å²) < 4.78 is 43.9. The number of hydrogen-bond donors (Lipinski definition) is 3. The minimum Gasteiger partial charge on any atom is -0.468 e. The van der Waals surface area contributed by atoms with Crippen molar-refractivity contribution in [3.8, 4) is 0 Å². The van der Waals surface area contributed by atoms with Gasteiger partial charge in [0.15, 0.2) is 9.84 Å². The van der Waals surface area contributed by atoms with E-state index in [1.165, 1.54) is 18.4 Å². The topological polar surface area (TPSA) is 126 Å². The van der Waals surface area contributed by atoms with Crippen molar-refractivity contribution < 1.29 is 31.9 Å². The van der Waals surface area contributed by atoms with E-state index >= 15 is 0 Å². The number of sulfone groups is 1. The standard InChI is InChI=1S/C16H17FN2O6S/c17-11-3-5-12(6-4-11)26(23,24)14(13-2-1-9-25-13)10-19-16(22)15(21)18-7-8-20/h1-6,9,14,20H,7-8,10H2,(H,18,21)(H,19,22). The van der Waals surface area contributed by atoms with Crippen LogP contribution in [0.4, 0.5) is 4.39 Å². The lowest BCUT2D eigenvalue weighted by molar-refractivity contribution is -0.139. The van der Waals surface area contributed by atoms with Crippen molar-refractivity contribution in [1.82, 2.24) is 10.6 Å². The number of carbonyl (C=O) groups excluding carboxylic acids is 2. The van der Waals surface area contributed by atoms with Crippen molar-refractivity contribution in [2.45, 2.75) is 10.1 Å². The zero-order valence-electron chi connectivity index (χ0n) is 13.5. The first kappa shape index (κ1) is 19.6. The van der Waals surface area contributed by atoms with Crippen LogP contribution < -0.4 is 10.6 Å². The highest BCUT2D eigenvalue weighted by atomic mass is 32.2. The summed E-state index contributed by atoms with van der Waals surface area (Å²) >= 11 is 0. The lowest BCUT2D eigenvalue weighted by atomic mass is 10.3. The molecule has 2 aromatic rings. The molecule has 2 amide bonds. The minimum absolute atomic E-state index is 0.0605. The van der Waals surface area contributed by atoms with E-state index in [0.29, 0.717) is 0 Å². The van der Waals surface area contributed by atoms with Gasteiger partial charge in [0.1, 0.15) is 16.8 Å². The van der Waals surface area contributed by atoms with E-state index in [1.807, 2.05) is 0 Å². The summed E-state index contributed by atoms with van der Waals surface area (Å²) in [5.41, 5.74) is 0. The van der Waals surface area contributed by atoms with Crippen LogP contribution in [0.25, 0.3) is 0 Å². The van der Waals surface area contributed by atoms with Crippen LogP contribution in [-0.4, -0.2) is 45.0 Å². The lowest BCUT2D eigenvalue weighted by Crippen LogP contribution is -2.43. The fraction of sp³-hybridized carbons (Fsp3) is 0.250. The second-order valence-electron chi connectivity index (χ2n) is 5.19. The molecule has 8 nitrogen and oxygen atoms in total. The van der Waals surface area contributed by atoms with Gasteiger partial charge in [-0.2, -0.15) is 0 Å². The van der Waals surface area contributed by atoms with Crippen LogP contribution in [-0.2, 0) is 19.4 Å². The van der Waals surface area contributed by atoms with Crippen LogP contribution in [0.15, 0.2) is 52.0 Å². The number of benzene rings is 1. The fourth-order valence-electron chi connectivity index (χ4n) is 2.14. The van der Waals surface area contributed by atoms with E-state index in [4.69, 9.17) is 9.52 Å². The Kier molecular flexibility index (Phi) is 6.47. The molecule has 0 aliphatic rings. The Hall–Kier alpha value is -2.72. The van der Waals surface area contributed by atoms with Gasteiger partial charge in [-0.05, 0) is 36.4 Å². The first-order chi connectivity index (χ1) is 12.4. The van der Waals surface area contributed by atoms with Crippen molar-refractivity contribution in [3.63, 3.8) is 0 Å². The van der Waals surface area contributed by atoms with Gasteiger partial charge in [0.05, 0.1) is 17.8 Å². The summed E-state index contributed by atoms with van der Waals surface area (Å²) in [4.78, 5) is 23.1. The average molecular weight is 384 g/mol. The third-order valence-corrected chi connectivity index (χ3v) is 5.51. The molecule has 0 spiro atoms. The molecule has 1 aromatic heterocycles. The van der Waals surface area contributed by atoms with Crippen LogP contribution in [0, 0.1) is 5.82 Å². The zero-order valence-corrected chi connectivity index (χ0v) is 14.3. The largest absolute Gasteiger partial charge is 0.468 e. The highest BCUT2D eigenvalue weighted by Crippen LogP contribution is 2.29. The fourth-order valence-corrected chi connectivity index (χ4v) is 3.73. The molecule has 1 atom stereocenters. The summed E-state index contributed by atoms with van der Waals surface area (Å²) in [5, 5.41) is 11.7. The van der Waals surface area contributed by atoms with Crippen molar-refractivity contribution in [3.05, 3.63) is 54.2 Å². The monoisotopic (exact) mass is 384 g/mol. The Balaban J connectivity index is 2.21. The van der Waals surface area contributed by atoms with Crippen LogP contribution in [0.1, 0.15) is 11.0 Å². The number of halogens is 1. The third kappa shape index (κ3) is 4.67. The maximum Gasteiger partial charge on any atom is 0.309 e. The van der Waals surface area contributed by atoms with Gasteiger partial charge in [-0.1, -0.05) is 0 Å². The molecule has 0 aliphatic carbocycles. The minimum atomic E-state index is -4.03. The molecule has 0 fully saturated rings. The summed E-state index contributed by atoms with van der Waals surface area (Å²) in [7, 11) is -4.03. The van der Waals surface area contributed by atoms with Crippen LogP contribution in [0.2, 0.25) is 0 Å². The third-order valence-electron chi connectivity index (χ3n) is 3.43. The number of rotatable bonds is 7. The van der Waals surface area contributed by atoms with E-state index in [2.05, 4.69) is 10.6 Å². The van der Waals surface area contributed by atoms with E-state index in [9.17, 15) is 22.4 Å². The number of furan rings is 1. The second kappa shape index (κ2) is 8.59. The molecule has 1 unspecified atom stereocenters. The Labute approximate surface area is 148 Å². The SMILES string of the molecule is O=C(NCCO)C(=O)NCC(c1ccco1)S(=O)(=O)c1ccc(F)cc1. The average Bonchev–Trinajstić information content (AvgIpc) is 3.14. The molecule has 2 rings (SSSR count). The van der Waals surface area contributed by atoms with E-state index < -0.39 is 39.3 Å². The van der Waals surface area contributed by atoms with Gasteiger partial charge in [-0.15, -0.1) is 0 Å². The summed E-state index contributed by atoms with van der Waals surface area (Å²) in [6.07, 6.45) is 1.28. The molecule has 0 saturated carbocycles. The van der Waals surface area contributed by atoms with Gasteiger partial charge in [-0.25, -0.2) is 12.8 Å². The summed E-state index contributed by atoms with van der Waals surface area (Å²) in [5.74, 6) is -2.58. The molecule has 10 heteroatoms. The Bertz CT molecular complexity index is 849. The molecule has 3 N–H and O–H groups in total. The number of aliphatic hydroxyl groups is 1. The zero-order chi connectivity index (χ0) is 19.2. The predicted octanol–water partition coefficient (Wildman–Crippen LogP) is 0.158. The Morgan fingerprint density at radius 3 is 2.35 bits per heavy atom. The van der Waals surface area contributed by atoms with Gasteiger partial charge in [0.25, 0.3) is 0 Å². The van der Waals surface area contributed by atoms with E-state index in [-0.39, 0.29) is 23.8 Å². The van der Waals surface area contributed by atoms with E-state index in [0.717, 1.165) is 24.3 Å².